The lowest BCUT2D eigenvalue weighted by Crippen LogP contribution is -2.32. The Labute approximate surface area is 136 Å². The maximum Gasteiger partial charge on any atom is 0.408 e. The smallest absolute Gasteiger partial charge is 0.408 e. The van der Waals surface area contributed by atoms with Crippen molar-refractivity contribution >= 4 is 12.1 Å². The SMILES string of the molecule is CC(C)(C)OC(=O)NCC#Cc1cccc(C2(C(=O)O)CC2)c1. The quantitative estimate of drug-likeness (QED) is 0.841. The van der Waals surface area contributed by atoms with E-state index in [2.05, 4.69) is 17.2 Å². The molecular formula is C18H21NO4. The van der Waals surface area contributed by atoms with Crippen molar-refractivity contribution in [3.05, 3.63) is 35.4 Å². The number of rotatable bonds is 3. The Bertz CT molecular complexity index is 672. The van der Waals surface area contributed by atoms with Crippen molar-refractivity contribution in [3.63, 3.8) is 0 Å². The first kappa shape index (κ1) is 16.9. The van der Waals surface area contributed by atoms with Gasteiger partial charge in [0.05, 0.1) is 12.0 Å². The third-order valence-corrected chi connectivity index (χ3v) is 3.53. The lowest BCUT2D eigenvalue weighted by Gasteiger charge is -2.19. The van der Waals surface area contributed by atoms with E-state index >= 15 is 0 Å². The van der Waals surface area contributed by atoms with Gasteiger partial charge >= 0.3 is 12.1 Å². The Balaban J connectivity index is 1.95. The van der Waals surface area contributed by atoms with E-state index in [-0.39, 0.29) is 6.54 Å². The van der Waals surface area contributed by atoms with E-state index in [0.29, 0.717) is 12.8 Å². The van der Waals surface area contributed by atoms with Gasteiger partial charge in [0.25, 0.3) is 0 Å². The van der Waals surface area contributed by atoms with E-state index in [1.165, 1.54) is 0 Å². The van der Waals surface area contributed by atoms with Gasteiger partial charge in [0.1, 0.15) is 5.60 Å². The molecule has 0 spiro atoms. The first-order valence-electron chi connectivity index (χ1n) is 7.53. The molecule has 122 valence electrons. The van der Waals surface area contributed by atoms with Gasteiger partial charge in [0, 0.05) is 5.56 Å². The van der Waals surface area contributed by atoms with Crippen LogP contribution in [0.2, 0.25) is 0 Å². The summed E-state index contributed by atoms with van der Waals surface area (Å²) in [7, 11) is 0. The zero-order valence-corrected chi connectivity index (χ0v) is 13.6. The second-order valence-corrected chi connectivity index (χ2v) is 6.63. The highest BCUT2D eigenvalue weighted by Gasteiger charge is 2.51. The molecule has 0 unspecified atom stereocenters. The van der Waals surface area contributed by atoms with E-state index in [1.807, 2.05) is 24.3 Å². The summed E-state index contributed by atoms with van der Waals surface area (Å²) in [5, 5.41) is 11.9. The number of carbonyl (C=O) groups is 2. The van der Waals surface area contributed by atoms with E-state index in [4.69, 9.17) is 4.74 Å². The highest BCUT2D eigenvalue weighted by molar-refractivity contribution is 5.85. The van der Waals surface area contributed by atoms with Crippen molar-refractivity contribution in [3.8, 4) is 11.8 Å². The molecule has 0 atom stereocenters. The van der Waals surface area contributed by atoms with Crippen LogP contribution in [0.3, 0.4) is 0 Å². The largest absolute Gasteiger partial charge is 0.481 e. The number of carboxylic acid groups (broad SMARTS) is 1. The van der Waals surface area contributed by atoms with Gasteiger partial charge in [-0.15, -0.1) is 0 Å². The molecule has 1 aliphatic carbocycles. The predicted molar refractivity (Wildman–Crippen MR) is 86.1 cm³/mol. The third-order valence-electron chi connectivity index (χ3n) is 3.53. The van der Waals surface area contributed by atoms with Crippen molar-refractivity contribution in [2.45, 2.75) is 44.6 Å². The van der Waals surface area contributed by atoms with Gasteiger partial charge < -0.3 is 15.2 Å². The fourth-order valence-electron chi connectivity index (χ4n) is 2.22. The monoisotopic (exact) mass is 315 g/mol. The van der Waals surface area contributed by atoms with Crippen molar-refractivity contribution in [2.75, 3.05) is 6.54 Å². The lowest BCUT2D eigenvalue weighted by molar-refractivity contribution is -0.140. The number of amides is 1. The fraction of sp³-hybridized carbons (Fsp3) is 0.444. The Morgan fingerprint density at radius 2 is 2.04 bits per heavy atom. The summed E-state index contributed by atoms with van der Waals surface area (Å²) in [4.78, 5) is 22.8. The topological polar surface area (TPSA) is 75.6 Å². The molecule has 2 N–H and O–H groups in total. The summed E-state index contributed by atoms with van der Waals surface area (Å²) >= 11 is 0. The number of benzene rings is 1. The Kier molecular flexibility index (Phi) is 4.65. The maximum absolute atomic E-state index is 11.5. The van der Waals surface area contributed by atoms with E-state index in [0.717, 1.165) is 11.1 Å². The minimum atomic E-state index is -0.783. The summed E-state index contributed by atoms with van der Waals surface area (Å²) in [6.45, 7) is 5.54. The van der Waals surface area contributed by atoms with Gasteiger partial charge in [0.15, 0.2) is 0 Å². The molecular weight excluding hydrogens is 294 g/mol. The van der Waals surface area contributed by atoms with Crippen LogP contribution in [0.1, 0.15) is 44.7 Å². The van der Waals surface area contributed by atoms with Crippen molar-refractivity contribution in [1.29, 1.82) is 0 Å². The summed E-state index contributed by atoms with van der Waals surface area (Å²) in [5.41, 5.74) is 0.256. The average Bonchev–Trinajstić information content (AvgIpc) is 3.24. The Hall–Kier alpha value is -2.48. The number of ether oxygens (including phenoxy) is 1. The number of alkyl carbamates (subject to hydrolysis) is 1. The number of hydrogen-bond donors (Lipinski definition) is 2. The van der Waals surface area contributed by atoms with Gasteiger partial charge in [0.2, 0.25) is 0 Å². The van der Waals surface area contributed by atoms with E-state index < -0.39 is 23.1 Å². The first-order chi connectivity index (χ1) is 10.7. The summed E-state index contributed by atoms with van der Waals surface area (Å²) in [6.07, 6.45) is 0.821. The highest BCUT2D eigenvalue weighted by Crippen LogP contribution is 2.48. The Morgan fingerprint density at radius 3 is 2.61 bits per heavy atom. The molecule has 1 aromatic rings. The van der Waals surface area contributed by atoms with Crippen LogP contribution >= 0.6 is 0 Å². The number of hydrogen-bond acceptors (Lipinski definition) is 3. The normalized spacial score (nSPS) is 15.1. The van der Waals surface area contributed by atoms with Crippen LogP contribution in [0.5, 0.6) is 0 Å². The summed E-state index contributed by atoms with van der Waals surface area (Å²) < 4.78 is 5.11. The van der Waals surface area contributed by atoms with Gasteiger partial charge in [-0.2, -0.15) is 0 Å². The molecule has 5 nitrogen and oxygen atoms in total. The second-order valence-electron chi connectivity index (χ2n) is 6.63. The summed E-state index contributed by atoms with van der Waals surface area (Å²) in [5.74, 6) is 4.98. The molecule has 1 saturated carbocycles. The molecule has 2 rings (SSSR count). The standard InChI is InChI=1S/C18H21NO4/c1-17(2,3)23-16(22)19-11-5-7-13-6-4-8-14(12-13)18(9-10-18)15(20)21/h4,6,8,12H,9-11H2,1-3H3,(H,19,22)(H,20,21). The summed E-state index contributed by atoms with van der Waals surface area (Å²) in [6, 6.07) is 7.26. The van der Waals surface area contributed by atoms with E-state index in [1.54, 1.807) is 20.8 Å². The van der Waals surface area contributed by atoms with Crippen LogP contribution in [0.25, 0.3) is 0 Å². The molecule has 0 saturated heterocycles. The molecule has 1 amide bonds. The highest BCUT2D eigenvalue weighted by atomic mass is 16.6. The molecule has 5 heteroatoms. The van der Waals surface area contributed by atoms with Gasteiger partial charge in [-0.1, -0.05) is 24.0 Å². The molecule has 0 aliphatic heterocycles. The minimum absolute atomic E-state index is 0.170. The minimum Gasteiger partial charge on any atom is -0.481 e. The van der Waals surface area contributed by atoms with Crippen molar-refractivity contribution < 1.29 is 19.4 Å². The molecule has 1 fully saturated rings. The van der Waals surface area contributed by atoms with Crippen LogP contribution in [-0.2, 0) is 14.9 Å². The zero-order chi connectivity index (χ0) is 17.1. The first-order valence-corrected chi connectivity index (χ1v) is 7.53. The maximum atomic E-state index is 11.5. The van der Waals surface area contributed by atoms with E-state index in [9.17, 15) is 14.7 Å². The van der Waals surface area contributed by atoms with Crippen LogP contribution in [0.15, 0.2) is 24.3 Å². The lowest BCUT2D eigenvalue weighted by atomic mass is 9.95. The Morgan fingerprint density at radius 1 is 1.35 bits per heavy atom. The number of nitrogens with one attached hydrogen (secondary N) is 1. The third kappa shape index (κ3) is 4.49. The number of aliphatic carboxylic acids is 1. The van der Waals surface area contributed by atoms with Crippen LogP contribution in [-0.4, -0.2) is 29.3 Å². The predicted octanol–water partition coefficient (Wildman–Crippen LogP) is 2.68. The van der Waals surface area contributed by atoms with Gasteiger partial charge in [-0.05, 0) is 51.3 Å². The fourth-order valence-corrected chi connectivity index (χ4v) is 2.22. The molecule has 1 aliphatic rings. The van der Waals surface area contributed by atoms with Crippen molar-refractivity contribution in [2.24, 2.45) is 0 Å². The number of carbonyl (C=O) groups excluding carboxylic acids is 1. The van der Waals surface area contributed by atoms with Crippen LogP contribution in [0.4, 0.5) is 4.79 Å². The van der Waals surface area contributed by atoms with Gasteiger partial charge in [-0.25, -0.2) is 4.79 Å². The molecule has 23 heavy (non-hydrogen) atoms. The average molecular weight is 315 g/mol. The molecule has 0 heterocycles. The molecule has 0 bridgehead atoms. The van der Waals surface area contributed by atoms with Crippen LogP contribution in [0, 0.1) is 11.8 Å². The van der Waals surface area contributed by atoms with Crippen molar-refractivity contribution in [1.82, 2.24) is 5.32 Å². The second kappa shape index (κ2) is 6.33. The molecule has 0 radical (unpaired) electrons. The molecule has 1 aromatic carbocycles. The van der Waals surface area contributed by atoms with Gasteiger partial charge in [-0.3, -0.25) is 4.79 Å². The number of carboxylic acids is 1. The molecule has 0 aromatic heterocycles. The zero-order valence-electron chi connectivity index (χ0n) is 13.6. The van der Waals surface area contributed by atoms with Crippen LogP contribution < -0.4 is 5.32 Å².